The van der Waals surface area contributed by atoms with E-state index in [-0.39, 0.29) is 17.3 Å². The van der Waals surface area contributed by atoms with Crippen molar-refractivity contribution in [3.05, 3.63) is 22.7 Å². The SMILES string of the molecule is O=[N+](O)c1nccc2c1NS([O-])(O)C2. The van der Waals surface area contributed by atoms with Crippen molar-refractivity contribution >= 4 is 22.3 Å². The second-order valence-corrected chi connectivity index (χ2v) is 4.60. The summed E-state index contributed by atoms with van der Waals surface area (Å²) in [4.78, 5) is 13.8. The molecule has 1 aliphatic rings. The first kappa shape index (κ1) is 9.19. The molecule has 0 spiro atoms. The van der Waals surface area contributed by atoms with Crippen molar-refractivity contribution in [2.75, 3.05) is 4.72 Å². The van der Waals surface area contributed by atoms with Gasteiger partial charge in [0.25, 0.3) is 0 Å². The third-order valence-corrected chi connectivity index (χ3v) is 3.04. The van der Waals surface area contributed by atoms with Crippen molar-refractivity contribution in [3.8, 4) is 0 Å². The van der Waals surface area contributed by atoms with Crippen LogP contribution < -0.4 is 4.72 Å². The Balaban J connectivity index is 2.52. The number of anilines is 1. The molecule has 1 atom stereocenters. The highest BCUT2D eigenvalue weighted by Gasteiger charge is 2.30. The van der Waals surface area contributed by atoms with Crippen molar-refractivity contribution in [3.63, 3.8) is 0 Å². The fourth-order valence-corrected chi connectivity index (χ4v) is 2.55. The van der Waals surface area contributed by atoms with Gasteiger partial charge in [0.05, 0.1) is 0 Å². The van der Waals surface area contributed by atoms with Gasteiger partial charge in [0.1, 0.15) is 6.20 Å². The average Bonchev–Trinajstić information content (AvgIpc) is 2.36. The van der Waals surface area contributed by atoms with E-state index in [1.807, 2.05) is 0 Å². The van der Waals surface area contributed by atoms with Crippen molar-refractivity contribution in [2.24, 2.45) is 0 Å². The van der Waals surface area contributed by atoms with Gasteiger partial charge in [-0.15, -0.1) is 0 Å². The van der Waals surface area contributed by atoms with Gasteiger partial charge in [0.15, 0.2) is 10.6 Å². The van der Waals surface area contributed by atoms with Gasteiger partial charge in [-0.1, -0.05) is 0 Å². The second-order valence-electron chi connectivity index (χ2n) is 2.83. The van der Waals surface area contributed by atoms with Crippen LogP contribution >= 0.6 is 10.8 Å². The molecule has 1 aromatic heterocycles. The van der Waals surface area contributed by atoms with E-state index >= 15 is 0 Å². The summed E-state index contributed by atoms with van der Waals surface area (Å²) in [5.74, 6) is -0.395. The number of aromatic nitrogens is 1. The van der Waals surface area contributed by atoms with Crippen LogP contribution in [0.1, 0.15) is 5.56 Å². The Morgan fingerprint density at radius 2 is 2.43 bits per heavy atom. The number of nitrogens with zero attached hydrogens (tertiary/aromatic N) is 2. The summed E-state index contributed by atoms with van der Waals surface area (Å²) in [6, 6.07) is 1.51. The number of pyridine rings is 1. The topological polar surface area (TPSA) is 109 Å². The molecule has 8 heteroatoms. The van der Waals surface area contributed by atoms with Crippen LogP contribution in [-0.4, -0.2) is 24.2 Å². The molecule has 0 aliphatic carbocycles. The van der Waals surface area contributed by atoms with Gasteiger partial charge in [-0.25, -0.2) is 0 Å². The van der Waals surface area contributed by atoms with E-state index < -0.39 is 15.7 Å². The van der Waals surface area contributed by atoms with Gasteiger partial charge in [-0.05, 0) is 16.0 Å². The molecule has 1 unspecified atom stereocenters. The summed E-state index contributed by atoms with van der Waals surface area (Å²) >= 11 is 0. The van der Waals surface area contributed by atoms with E-state index in [0.29, 0.717) is 5.56 Å². The number of nitrogens with one attached hydrogen (secondary N) is 1. The van der Waals surface area contributed by atoms with Gasteiger partial charge in [-0.3, -0.25) is 10.8 Å². The van der Waals surface area contributed by atoms with Gasteiger partial charge in [-0.2, -0.15) is 0 Å². The van der Waals surface area contributed by atoms with E-state index in [1.165, 1.54) is 12.3 Å². The molecule has 0 amide bonds. The molecular formula is C6H7N3O4S. The van der Waals surface area contributed by atoms with Crippen LogP contribution in [-0.2, 0) is 5.75 Å². The van der Waals surface area contributed by atoms with Crippen molar-refractivity contribution in [1.82, 2.24) is 4.98 Å². The average molecular weight is 217 g/mol. The summed E-state index contributed by atoms with van der Waals surface area (Å²) in [5.41, 5.74) is 0.593. The largest absolute Gasteiger partial charge is 0.751 e. The summed E-state index contributed by atoms with van der Waals surface area (Å²) in [7, 11) is -3.18. The lowest BCUT2D eigenvalue weighted by Gasteiger charge is -2.40. The van der Waals surface area contributed by atoms with Crippen molar-refractivity contribution in [1.29, 1.82) is 0 Å². The molecule has 0 radical (unpaired) electrons. The Morgan fingerprint density at radius 3 is 3.07 bits per heavy atom. The smallest absolute Gasteiger partial charge is 0.433 e. The minimum atomic E-state index is -3.18. The number of fused-ring (bicyclic) bond motifs is 1. The Morgan fingerprint density at radius 1 is 1.71 bits per heavy atom. The molecule has 2 rings (SSSR count). The third kappa shape index (κ3) is 1.39. The van der Waals surface area contributed by atoms with Crippen LogP contribution in [0.15, 0.2) is 12.3 Å². The highest BCUT2D eigenvalue weighted by Crippen LogP contribution is 2.52. The zero-order valence-corrected chi connectivity index (χ0v) is 7.69. The van der Waals surface area contributed by atoms with E-state index in [0.717, 1.165) is 0 Å². The van der Waals surface area contributed by atoms with Gasteiger partial charge < -0.3 is 19.0 Å². The maximum absolute atomic E-state index is 11.2. The van der Waals surface area contributed by atoms with Crippen LogP contribution in [0, 0.1) is 4.91 Å². The molecule has 0 fully saturated rings. The summed E-state index contributed by atoms with van der Waals surface area (Å²) < 4.78 is 22.7. The molecule has 3 N–H and O–H groups in total. The first-order valence-corrected chi connectivity index (χ1v) is 5.34. The van der Waals surface area contributed by atoms with Gasteiger partial charge >= 0.3 is 5.82 Å². The molecule has 0 bridgehead atoms. The van der Waals surface area contributed by atoms with Gasteiger partial charge in [0, 0.05) is 11.3 Å². The standard InChI is InChI=1S/C6H7N3O4S/c10-9(11)6-5-4(1-2-7-6)3-14(12,13)8-5/h1-2,8H,3H2,(H2-,10,11,12,13). The van der Waals surface area contributed by atoms with Gasteiger partial charge in [0.2, 0.25) is 0 Å². The second kappa shape index (κ2) is 2.80. The zero-order valence-electron chi connectivity index (χ0n) is 6.88. The molecule has 1 aliphatic heterocycles. The summed E-state index contributed by atoms with van der Waals surface area (Å²) in [5, 5.41) is 8.66. The quantitative estimate of drug-likeness (QED) is 0.608. The minimum Gasteiger partial charge on any atom is -0.751 e. The number of hydrogen-bond acceptors (Lipinski definition) is 5. The highest BCUT2D eigenvalue weighted by molar-refractivity contribution is 8.25. The van der Waals surface area contributed by atoms with E-state index in [1.54, 1.807) is 0 Å². The van der Waals surface area contributed by atoms with E-state index in [9.17, 15) is 14.0 Å². The van der Waals surface area contributed by atoms with Crippen LogP contribution in [0.3, 0.4) is 0 Å². The predicted octanol–water partition coefficient (Wildman–Crippen LogP) is 1.13. The Bertz CT molecular complexity index is 408. The Labute approximate surface area is 80.4 Å². The predicted molar refractivity (Wildman–Crippen MR) is 47.6 cm³/mol. The summed E-state index contributed by atoms with van der Waals surface area (Å²) in [6.45, 7) is 0. The molecule has 2 heterocycles. The molecule has 1 aromatic rings. The maximum Gasteiger partial charge on any atom is 0.433 e. The number of rotatable bonds is 1. The first-order chi connectivity index (χ1) is 6.49. The van der Waals surface area contributed by atoms with Crippen molar-refractivity contribution < 1.29 is 19.2 Å². The molecule has 76 valence electrons. The lowest BCUT2D eigenvalue weighted by molar-refractivity contribution is -0.731. The number of hydrogen-bond donors (Lipinski definition) is 3. The van der Waals surface area contributed by atoms with Crippen molar-refractivity contribution in [2.45, 2.75) is 5.75 Å². The fourth-order valence-electron chi connectivity index (χ4n) is 1.27. The fraction of sp³-hybridized carbons (Fsp3) is 0.167. The van der Waals surface area contributed by atoms with Crippen LogP contribution in [0.25, 0.3) is 0 Å². The lowest BCUT2D eigenvalue weighted by atomic mass is 10.2. The van der Waals surface area contributed by atoms with Crippen LogP contribution in [0.4, 0.5) is 11.5 Å². The molecular weight excluding hydrogens is 210 g/mol. The Kier molecular flexibility index (Phi) is 1.84. The monoisotopic (exact) mass is 217 g/mol. The van der Waals surface area contributed by atoms with E-state index in [2.05, 4.69) is 9.71 Å². The van der Waals surface area contributed by atoms with Crippen LogP contribution in [0.5, 0.6) is 0 Å². The lowest BCUT2D eigenvalue weighted by Crippen LogP contribution is -2.04. The third-order valence-electron chi connectivity index (χ3n) is 1.81. The Hall–Kier alpha value is -1.38. The zero-order chi connectivity index (χ0) is 10.3. The normalized spacial score (nSPS) is 28.7. The minimum absolute atomic E-state index is 0.0916. The molecule has 0 saturated heterocycles. The summed E-state index contributed by atoms with van der Waals surface area (Å²) in [6.07, 6.45) is 1.29. The first-order valence-electron chi connectivity index (χ1n) is 3.66. The van der Waals surface area contributed by atoms with E-state index in [4.69, 9.17) is 5.21 Å². The molecule has 14 heavy (non-hydrogen) atoms. The molecule has 0 saturated carbocycles. The highest BCUT2D eigenvalue weighted by atomic mass is 32.3. The molecule has 0 aromatic carbocycles. The van der Waals surface area contributed by atoms with Crippen LogP contribution in [0.2, 0.25) is 0 Å². The molecule has 7 nitrogen and oxygen atoms in total. The maximum atomic E-state index is 11.2.